The lowest BCUT2D eigenvalue weighted by Crippen LogP contribution is -2.41. The Hall–Kier alpha value is 0.210. The zero-order chi connectivity index (χ0) is 9.15. The summed E-state index contributed by atoms with van der Waals surface area (Å²) in [7, 11) is 0. The maximum atomic E-state index is 3.55. The normalized spacial score (nSPS) is 33.2. The molecule has 1 atom stereocenters. The molecule has 1 unspecified atom stereocenters. The molecular weight excluding hydrogens is 196 g/mol. The van der Waals surface area contributed by atoms with Gasteiger partial charge in [0.25, 0.3) is 0 Å². The van der Waals surface area contributed by atoms with E-state index in [0.717, 1.165) is 0 Å². The molecule has 2 rings (SSSR count). The van der Waals surface area contributed by atoms with E-state index in [1.165, 1.54) is 58.4 Å². The molecule has 0 aromatic heterocycles. The van der Waals surface area contributed by atoms with Gasteiger partial charge in [0.05, 0.1) is 0 Å². The van der Waals surface area contributed by atoms with Gasteiger partial charge in [-0.1, -0.05) is 6.92 Å². The first-order chi connectivity index (χ1) is 6.35. The summed E-state index contributed by atoms with van der Waals surface area (Å²) in [6.07, 6.45) is 5.59. The summed E-state index contributed by atoms with van der Waals surface area (Å²) in [5.41, 5.74) is 0.660. The molecule has 0 amide bonds. The maximum Gasteiger partial charge on any atom is 0.00506 e. The van der Waals surface area contributed by atoms with Crippen LogP contribution in [0.4, 0.5) is 0 Å². The molecule has 0 aromatic rings. The molecule has 2 aliphatic heterocycles. The molecule has 1 N–H and O–H groups in total. The zero-order valence-electron chi connectivity index (χ0n) is 9.22. The number of hydrogen-bond donors (Lipinski definition) is 1. The van der Waals surface area contributed by atoms with Crippen LogP contribution in [0.15, 0.2) is 0 Å². The molecule has 0 aromatic carbocycles. The van der Waals surface area contributed by atoms with Crippen molar-refractivity contribution < 1.29 is 0 Å². The van der Waals surface area contributed by atoms with Crippen LogP contribution in [-0.2, 0) is 0 Å². The van der Waals surface area contributed by atoms with E-state index >= 15 is 0 Å². The third-order valence-electron chi connectivity index (χ3n) is 3.62. The standard InChI is InChI=1S/C11H22N2.ClH/c1-2-7-13-8-5-11(10-13)4-3-6-12-9-11;/h12H,2-10H2,1H3;1H. The van der Waals surface area contributed by atoms with Crippen LogP contribution in [0, 0.1) is 5.41 Å². The Bertz CT molecular complexity index is 167. The zero-order valence-corrected chi connectivity index (χ0v) is 10.0. The van der Waals surface area contributed by atoms with E-state index in [0.29, 0.717) is 5.41 Å². The van der Waals surface area contributed by atoms with Crippen molar-refractivity contribution in [2.24, 2.45) is 5.41 Å². The minimum absolute atomic E-state index is 0. The van der Waals surface area contributed by atoms with Crippen molar-refractivity contribution in [3.63, 3.8) is 0 Å². The van der Waals surface area contributed by atoms with Gasteiger partial charge in [-0.05, 0) is 50.7 Å². The van der Waals surface area contributed by atoms with Crippen LogP contribution in [-0.4, -0.2) is 37.6 Å². The van der Waals surface area contributed by atoms with Crippen molar-refractivity contribution in [1.82, 2.24) is 10.2 Å². The molecule has 2 fully saturated rings. The largest absolute Gasteiger partial charge is 0.316 e. The van der Waals surface area contributed by atoms with Crippen LogP contribution in [0.1, 0.15) is 32.6 Å². The summed E-state index contributed by atoms with van der Waals surface area (Å²) in [6, 6.07) is 0. The topological polar surface area (TPSA) is 15.3 Å². The van der Waals surface area contributed by atoms with Crippen molar-refractivity contribution >= 4 is 12.4 Å². The highest BCUT2D eigenvalue weighted by Gasteiger charge is 2.38. The average Bonchev–Trinajstić information content (AvgIpc) is 2.51. The molecule has 1 spiro atoms. The second-order valence-electron chi connectivity index (χ2n) is 4.81. The second-order valence-corrected chi connectivity index (χ2v) is 4.81. The molecule has 0 saturated carbocycles. The lowest BCUT2D eigenvalue weighted by molar-refractivity contribution is 0.202. The summed E-state index contributed by atoms with van der Waals surface area (Å²) >= 11 is 0. The van der Waals surface area contributed by atoms with Gasteiger partial charge < -0.3 is 10.2 Å². The van der Waals surface area contributed by atoms with Crippen molar-refractivity contribution in [3.8, 4) is 0 Å². The summed E-state index contributed by atoms with van der Waals surface area (Å²) in [5, 5.41) is 3.55. The molecule has 2 nitrogen and oxygen atoms in total. The molecule has 84 valence electrons. The van der Waals surface area contributed by atoms with Gasteiger partial charge in [0.15, 0.2) is 0 Å². The van der Waals surface area contributed by atoms with Gasteiger partial charge in [0.1, 0.15) is 0 Å². The van der Waals surface area contributed by atoms with Crippen LogP contribution in [0.3, 0.4) is 0 Å². The predicted molar refractivity (Wildman–Crippen MR) is 63.1 cm³/mol. The Kier molecular flexibility index (Phi) is 4.68. The van der Waals surface area contributed by atoms with Gasteiger partial charge >= 0.3 is 0 Å². The van der Waals surface area contributed by atoms with Crippen molar-refractivity contribution in [2.75, 3.05) is 32.7 Å². The molecule has 2 aliphatic rings. The third-order valence-corrected chi connectivity index (χ3v) is 3.62. The molecule has 0 bridgehead atoms. The van der Waals surface area contributed by atoms with Crippen molar-refractivity contribution in [3.05, 3.63) is 0 Å². The van der Waals surface area contributed by atoms with E-state index < -0.39 is 0 Å². The van der Waals surface area contributed by atoms with E-state index in [1.54, 1.807) is 0 Å². The van der Waals surface area contributed by atoms with Gasteiger partial charge in [0.2, 0.25) is 0 Å². The van der Waals surface area contributed by atoms with E-state index in [9.17, 15) is 0 Å². The van der Waals surface area contributed by atoms with Crippen LogP contribution < -0.4 is 5.32 Å². The summed E-state index contributed by atoms with van der Waals surface area (Å²) in [6.45, 7) is 8.80. The Morgan fingerprint density at radius 2 is 2.21 bits per heavy atom. The van der Waals surface area contributed by atoms with Gasteiger partial charge in [0, 0.05) is 13.1 Å². The smallest absolute Gasteiger partial charge is 0.00506 e. The van der Waals surface area contributed by atoms with Crippen molar-refractivity contribution in [2.45, 2.75) is 32.6 Å². The van der Waals surface area contributed by atoms with Crippen LogP contribution in [0.2, 0.25) is 0 Å². The third kappa shape index (κ3) is 2.62. The molecule has 2 heterocycles. The highest BCUT2D eigenvalue weighted by Crippen LogP contribution is 2.36. The first kappa shape index (κ1) is 12.3. The van der Waals surface area contributed by atoms with Gasteiger partial charge in [-0.2, -0.15) is 0 Å². The molecule has 0 radical (unpaired) electrons. The highest BCUT2D eigenvalue weighted by atomic mass is 35.5. The molecular formula is C11H23ClN2. The highest BCUT2D eigenvalue weighted by molar-refractivity contribution is 5.85. The summed E-state index contributed by atoms with van der Waals surface area (Å²) in [4.78, 5) is 2.65. The van der Waals surface area contributed by atoms with Crippen LogP contribution in [0.25, 0.3) is 0 Å². The van der Waals surface area contributed by atoms with Gasteiger partial charge in [-0.15, -0.1) is 12.4 Å². The van der Waals surface area contributed by atoms with Crippen LogP contribution in [0.5, 0.6) is 0 Å². The summed E-state index contributed by atoms with van der Waals surface area (Å²) < 4.78 is 0. The van der Waals surface area contributed by atoms with Gasteiger partial charge in [-0.3, -0.25) is 0 Å². The predicted octanol–water partition coefficient (Wildman–Crippen LogP) is 1.89. The number of nitrogens with zero attached hydrogens (tertiary/aromatic N) is 1. The Morgan fingerprint density at radius 3 is 2.86 bits per heavy atom. The van der Waals surface area contributed by atoms with E-state index in [4.69, 9.17) is 0 Å². The SMILES string of the molecule is CCCN1CCC2(CCCNC2)C1.Cl. The maximum absolute atomic E-state index is 3.55. The fourth-order valence-corrected chi connectivity index (χ4v) is 2.91. The molecule has 14 heavy (non-hydrogen) atoms. The van der Waals surface area contributed by atoms with Gasteiger partial charge in [-0.25, -0.2) is 0 Å². The fraction of sp³-hybridized carbons (Fsp3) is 1.00. The number of hydrogen-bond acceptors (Lipinski definition) is 2. The minimum Gasteiger partial charge on any atom is -0.316 e. The lowest BCUT2D eigenvalue weighted by atomic mass is 9.80. The number of nitrogens with one attached hydrogen (secondary N) is 1. The minimum atomic E-state index is 0. The molecule has 0 aliphatic carbocycles. The Labute approximate surface area is 93.8 Å². The quantitative estimate of drug-likeness (QED) is 0.762. The van der Waals surface area contributed by atoms with E-state index in [1.807, 2.05) is 0 Å². The Morgan fingerprint density at radius 1 is 1.36 bits per heavy atom. The molecule has 2 saturated heterocycles. The summed E-state index contributed by atoms with van der Waals surface area (Å²) in [5.74, 6) is 0. The first-order valence-corrected chi connectivity index (χ1v) is 5.78. The monoisotopic (exact) mass is 218 g/mol. The van der Waals surface area contributed by atoms with E-state index in [2.05, 4.69) is 17.1 Å². The number of piperidine rings is 1. The van der Waals surface area contributed by atoms with E-state index in [-0.39, 0.29) is 12.4 Å². The first-order valence-electron chi connectivity index (χ1n) is 5.78. The van der Waals surface area contributed by atoms with Crippen LogP contribution >= 0.6 is 12.4 Å². The second kappa shape index (κ2) is 5.34. The number of halogens is 1. The van der Waals surface area contributed by atoms with Crippen molar-refractivity contribution in [1.29, 1.82) is 0 Å². The fourth-order valence-electron chi connectivity index (χ4n) is 2.91. The Balaban J connectivity index is 0.000000980. The average molecular weight is 219 g/mol. The number of likely N-dealkylation sites (tertiary alicyclic amines) is 1. The molecule has 3 heteroatoms. The lowest BCUT2D eigenvalue weighted by Gasteiger charge is -2.34. The number of rotatable bonds is 2.